The second-order valence-electron chi connectivity index (χ2n) is 8.05. The lowest BCUT2D eigenvalue weighted by Crippen LogP contribution is -2.47. The standard InChI is InChI=1S/C24H25Cl2NO/c1-2-4-19-14-22(18-5-3-6-21(26)13-18)23(17-9-11-20(25)12-10-17)27(24(19)28)15-16-7-8-16/h2-3,5-6,9-13,16,19,22-23H,1,4,7-8,14-15H2/t19-,22+,23+/m1/s1. The summed E-state index contributed by atoms with van der Waals surface area (Å²) in [4.78, 5) is 15.5. The van der Waals surface area contributed by atoms with Crippen molar-refractivity contribution in [3.8, 4) is 0 Å². The summed E-state index contributed by atoms with van der Waals surface area (Å²) in [7, 11) is 0. The molecule has 3 atom stereocenters. The molecule has 2 nitrogen and oxygen atoms in total. The molecular weight excluding hydrogens is 389 g/mol. The fourth-order valence-electron chi connectivity index (χ4n) is 4.43. The van der Waals surface area contributed by atoms with Crippen LogP contribution in [-0.2, 0) is 4.79 Å². The van der Waals surface area contributed by atoms with E-state index in [1.807, 2.05) is 36.4 Å². The van der Waals surface area contributed by atoms with Gasteiger partial charge in [-0.3, -0.25) is 4.79 Å². The van der Waals surface area contributed by atoms with Crippen molar-refractivity contribution in [1.82, 2.24) is 4.90 Å². The Morgan fingerprint density at radius 2 is 1.79 bits per heavy atom. The van der Waals surface area contributed by atoms with Gasteiger partial charge in [0.15, 0.2) is 0 Å². The van der Waals surface area contributed by atoms with Crippen LogP contribution < -0.4 is 0 Å². The van der Waals surface area contributed by atoms with Crippen LogP contribution in [0.3, 0.4) is 0 Å². The number of nitrogens with zero attached hydrogens (tertiary/aromatic N) is 1. The van der Waals surface area contributed by atoms with Crippen LogP contribution in [0.15, 0.2) is 61.2 Å². The van der Waals surface area contributed by atoms with Crippen molar-refractivity contribution < 1.29 is 4.79 Å². The lowest BCUT2D eigenvalue weighted by atomic mass is 9.75. The summed E-state index contributed by atoms with van der Waals surface area (Å²) < 4.78 is 0. The quantitative estimate of drug-likeness (QED) is 0.485. The Bertz CT molecular complexity index is 859. The lowest BCUT2D eigenvalue weighted by molar-refractivity contribution is -0.143. The molecule has 1 heterocycles. The number of hydrogen-bond donors (Lipinski definition) is 0. The molecule has 146 valence electrons. The minimum Gasteiger partial charge on any atom is -0.335 e. The van der Waals surface area contributed by atoms with Crippen molar-refractivity contribution in [3.63, 3.8) is 0 Å². The Morgan fingerprint density at radius 3 is 2.43 bits per heavy atom. The van der Waals surface area contributed by atoms with Crippen LogP contribution in [0.5, 0.6) is 0 Å². The van der Waals surface area contributed by atoms with Crippen LogP contribution in [0, 0.1) is 11.8 Å². The van der Waals surface area contributed by atoms with Crippen LogP contribution in [0.4, 0.5) is 0 Å². The van der Waals surface area contributed by atoms with E-state index in [1.54, 1.807) is 0 Å². The van der Waals surface area contributed by atoms with Gasteiger partial charge in [0.1, 0.15) is 0 Å². The van der Waals surface area contributed by atoms with Crippen LogP contribution in [0.25, 0.3) is 0 Å². The number of benzene rings is 2. The number of rotatable bonds is 6. The molecule has 2 fully saturated rings. The maximum atomic E-state index is 13.4. The minimum absolute atomic E-state index is 0.00454. The van der Waals surface area contributed by atoms with Gasteiger partial charge in [0.2, 0.25) is 5.91 Å². The maximum Gasteiger partial charge on any atom is 0.226 e. The zero-order chi connectivity index (χ0) is 19.7. The normalized spacial score (nSPS) is 25.0. The van der Waals surface area contributed by atoms with E-state index in [4.69, 9.17) is 23.2 Å². The number of amides is 1. The van der Waals surface area contributed by atoms with Crippen molar-refractivity contribution in [1.29, 1.82) is 0 Å². The molecule has 0 aromatic heterocycles. The molecule has 1 saturated carbocycles. The number of carbonyl (C=O) groups is 1. The molecule has 2 aromatic carbocycles. The summed E-state index contributed by atoms with van der Waals surface area (Å²) in [5, 5.41) is 1.45. The van der Waals surface area contributed by atoms with Crippen molar-refractivity contribution in [2.45, 2.75) is 37.6 Å². The second kappa shape index (κ2) is 8.31. The van der Waals surface area contributed by atoms with Crippen molar-refractivity contribution in [3.05, 3.63) is 82.4 Å². The predicted octanol–water partition coefficient (Wildman–Crippen LogP) is 6.65. The Labute approximate surface area is 177 Å². The van der Waals surface area contributed by atoms with Crippen molar-refractivity contribution >= 4 is 29.1 Å². The Kier molecular flexibility index (Phi) is 5.80. The molecule has 2 aliphatic rings. The number of allylic oxidation sites excluding steroid dienone is 1. The second-order valence-corrected chi connectivity index (χ2v) is 8.92. The molecule has 4 rings (SSSR count). The van der Waals surface area contributed by atoms with Gasteiger partial charge >= 0.3 is 0 Å². The van der Waals surface area contributed by atoms with Crippen molar-refractivity contribution in [2.24, 2.45) is 11.8 Å². The van der Waals surface area contributed by atoms with E-state index in [2.05, 4.69) is 29.7 Å². The van der Waals surface area contributed by atoms with E-state index in [0.717, 1.165) is 23.6 Å². The molecule has 0 N–H and O–H groups in total. The van der Waals surface area contributed by atoms with Gasteiger partial charge in [0, 0.05) is 28.4 Å². The molecule has 1 saturated heterocycles. The summed E-state index contributed by atoms with van der Waals surface area (Å²) >= 11 is 12.5. The highest BCUT2D eigenvalue weighted by Gasteiger charge is 2.44. The smallest absolute Gasteiger partial charge is 0.226 e. The third-order valence-electron chi connectivity index (χ3n) is 5.98. The molecule has 0 unspecified atom stereocenters. The number of likely N-dealkylation sites (tertiary alicyclic amines) is 1. The Morgan fingerprint density at radius 1 is 1.04 bits per heavy atom. The first-order valence-corrected chi connectivity index (χ1v) is 10.7. The molecule has 28 heavy (non-hydrogen) atoms. The summed E-state index contributed by atoms with van der Waals surface area (Å²) in [5.41, 5.74) is 2.33. The molecule has 0 bridgehead atoms. The van der Waals surface area contributed by atoms with Gasteiger partial charge in [0.25, 0.3) is 0 Å². The van der Waals surface area contributed by atoms with Gasteiger partial charge in [-0.15, -0.1) is 6.58 Å². The van der Waals surface area contributed by atoms with E-state index in [1.165, 1.54) is 18.4 Å². The van der Waals surface area contributed by atoms with Gasteiger partial charge in [0.05, 0.1) is 6.04 Å². The van der Waals surface area contributed by atoms with Crippen LogP contribution in [-0.4, -0.2) is 17.4 Å². The van der Waals surface area contributed by atoms with Gasteiger partial charge in [-0.25, -0.2) is 0 Å². The van der Waals surface area contributed by atoms with E-state index >= 15 is 0 Å². The number of piperidine rings is 1. The molecule has 0 radical (unpaired) electrons. The highest BCUT2D eigenvalue weighted by Crippen LogP contribution is 2.48. The molecule has 1 amide bonds. The van der Waals surface area contributed by atoms with E-state index in [0.29, 0.717) is 17.4 Å². The first-order chi connectivity index (χ1) is 13.6. The minimum atomic E-state index is -0.0243. The summed E-state index contributed by atoms with van der Waals surface area (Å²) in [6, 6.07) is 16.0. The molecule has 1 aliphatic heterocycles. The third kappa shape index (κ3) is 4.14. The predicted molar refractivity (Wildman–Crippen MR) is 116 cm³/mol. The largest absolute Gasteiger partial charge is 0.335 e. The lowest BCUT2D eigenvalue weighted by Gasteiger charge is -2.45. The molecule has 4 heteroatoms. The molecule has 1 aliphatic carbocycles. The van der Waals surface area contributed by atoms with E-state index in [9.17, 15) is 4.79 Å². The maximum absolute atomic E-state index is 13.4. The highest BCUT2D eigenvalue weighted by atomic mass is 35.5. The number of halogens is 2. The molecule has 0 spiro atoms. The summed E-state index contributed by atoms with van der Waals surface area (Å²) in [6.07, 6.45) is 5.82. The van der Waals surface area contributed by atoms with Gasteiger partial charge in [-0.1, -0.05) is 53.5 Å². The van der Waals surface area contributed by atoms with Crippen LogP contribution in [0.1, 0.15) is 48.8 Å². The van der Waals surface area contributed by atoms with Crippen molar-refractivity contribution in [2.75, 3.05) is 6.54 Å². The average molecular weight is 414 g/mol. The summed E-state index contributed by atoms with van der Waals surface area (Å²) in [6.45, 7) is 4.71. The number of carbonyl (C=O) groups excluding carboxylic acids is 1. The zero-order valence-corrected chi connectivity index (χ0v) is 17.4. The Hall–Kier alpha value is -1.77. The number of hydrogen-bond acceptors (Lipinski definition) is 1. The topological polar surface area (TPSA) is 20.3 Å². The Balaban J connectivity index is 1.79. The fourth-order valence-corrected chi connectivity index (χ4v) is 4.76. The van der Waals surface area contributed by atoms with Gasteiger partial charge in [-0.05, 0) is 67.0 Å². The fraction of sp³-hybridized carbons (Fsp3) is 0.375. The van der Waals surface area contributed by atoms with Crippen LogP contribution >= 0.6 is 23.2 Å². The van der Waals surface area contributed by atoms with Gasteiger partial charge in [-0.2, -0.15) is 0 Å². The first kappa shape index (κ1) is 19.5. The van der Waals surface area contributed by atoms with Gasteiger partial charge < -0.3 is 4.90 Å². The average Bonchev–Trinajstić information content (AvgIpc) is 3.50. The molecule has 2 aromatic rings. The monoisotopic (exact) mass is 413 g/mol. The SMILES string of the molecule is C=CC[C@@H]1C[C@@H](c2cccc(Cl)c2)[C@H](c2ccc(Cl)cc2)N(CC2CC2)C1=O. The molecular formula is C24H25Cl2NO. The zero-order valence-electron chi connectivity index (χ0n) is 15.9. The summed E-state index contributed by atoms with van der Waals surface area (Å²) in [5.74, 6) is 1.05. The van der Waals surface area contributed by atoms with Crippen LogP contribution in [0.2, 0.25) is 10.0 Å². The third-order valence-corrected chi connectivity index (χ3v) is 6.47. The highest BCUT2D eigenvalue weighted by molar-refractivity contribution is 6.30. The first-order valence-electron chi connectivity index (χ1n) is 9.99. The van der Waals surface area contributed by atoms with E-state index in [-0.39, 0.29) is 23.8 Å². The van der Waals surface area contributed by atoms with E-state index < -0.39 is 0 Å².